The monoisotopic (exact) mass is 483 g/mol. The molecule has 4 rings (SSSR count). The number of piperidine rings is 1. The van der Waals surface area contributed by atoms with Crippen molar-refractivity contribution >= 4 is 27.5 Å². The van der Waals surface area contributed by atoms with Crippen LogP contribution in [0.4, 0.5) is 5.69 Å². The minimum absolute atomic E-state index is 0.0961. The van der Waals surface area contributed by atoms with Crippen molar-refractivity contribution < 1.29 is 18.0 Å². The number of benzene rings is 2. The van der Waals surface area contributed by atoms with Gasteiger partial charge in [-0.05, 0) is 67.9 Å². The first-order valence-electron chi connectivity index (χ1n) is 12.0. The molecule has 2 aliphatic rings. The number of rotatable bonds is 5. The highest BCUT2D eigenvalue weighted by molar-refractivity contribution is 7.89. The zero-order chi connectivity index (χ0) is 24.5. The Balaban J connectivity index is 1.59. The van der Waals surface area contributed by atoms with Crippen LogP contribution in [-0.2, 0) is 10.0 Å². The maximum Gasteiger partial charge on any atom is 0.255 e. The van der Waals surface area contributed by atoms with Crippen molar-refractivity contribution in [3.8, 4) is 0 Å². The third kappa shape index (κ3) is 5.03. The molecule has 2 unspecified atom stereocenters. The van der Waals surface area contributed by atoms with Crippen molar-refractivity contribution in [2.45, 2.75) is 44.9 Å². The Kier molecular flexibility index (Phi) is 7.09. The van der Waals surface area contributed by atoms with E-state index in [1.807, 2.05) is 19.1 Å². The van der Waals surface area contributed by atoms with Crippen molar-refractivity contribution in [1.29, 1.82) is 0 Å². The highest BCUT2D eigenvalue weighted by Gasteiger charge is 2.32. The van der Waals surface area contributed by atoms with Gasteiger partial charge in [-0.3, -0.25) is 9.59 Å². The fourth-order valence-electron chi connectivity index (χ4n) is 5.04. The zero-order valence-electron chi connectivity index (χ0n) is 20.1. The van der Waals surface area contributed by atoms with Gasteiger partial charge in [-0.1, -0.05) is 32.0 Å². The molecule has 2 fully saturated rings. The number of hydrogen-bond donors (Lipinski definition) is 1. The van der Waals surface area contributed by atoms with E-state index in [1.165, 1.54) is 16.4 Å². The molecule has 2 aliphatic heterocycles. The van der Waals surface area contributed by atoms with Gasteiger partial charge in [-0.2, -0.15) is 4.31 Å². The van der Waals surface area contributed by atoms with Crippen LogP contribution >= 0.6 is 0 Å². The Hall–Kier alpha value is -2.71. The highest BCUT2D eigenvalue weighted by atomic mass is 32.2. The summed E-state index contributed by atoms with van der Waals surface area (Å²) in [5.74, 6) is 0.0404. The SMILES string of the molecule is Cc1cccc(C(=O)N2CCCC2)c1NC(=O)c1cccc(S(=O)(=O)N2CC(C)CC(C)C2)c1. The molecule has 2 heterocycles. The van der Waals surface area contributed by atoms with Crippen LogP contribution in [0.25, 0.3) is 0 Å². The number of nitrogens with zero attached hydrogens (tertiary/aromatic N) is 2. The minimum Gasteiger partial charge on any atom is -0.339 e. The molecular formula is C26H33N3O4S. The smallest absolute Gasteiger partial charge is 0.255 e. The van der Waals surface area contributed by atoms with Crippen molar-refractivity contribution in [2.75, 3.05) is 31.5 Å². The summed E-state index contributed by atoms with van der Waals surface area (Å²) in [5, 5.41) is 2.88. The minimum atomic E-state index is -3.71. The van der Waals surface area contributed by atoms with Crippen LogP contribution in [0.2, 0.25) is 0 Å². The third-order valence-corrected chi connectivity index (χ3v) is 8.53. The van der Waals surface area contributed by atoms with Crippen LogP contribution in [0.1, 0.15) is 59.4 Å². The van der Waals surface area contributed by atoms with Gasteiger partial charge < -0.3 is 10.2 Å². The van der Waals surface area contributed by atoms with E-state index in [1.54, 1.807) is 23.1 Å². The lowest BCUT2D eigenvalue weighted by Crippen LogP contribution is -2.42. The summed E-state index contributed by atoms with van der Waals surface area (Å²) in [6.45, 7) is 8.36. The van der Waals surface area contributed by atoms with Gasteiger partial charge in [-0.15, -0.1) is 0 Å². The number of nitrogens with one attached hydrogen (secondary N) is 1. The molecule has 2 saturated heterocycles. The van der Waals surface area contributed by atoms with Gasteiger partial charge in [0.15, 0.2) is 0 Å². The fourth-order valence-corrected chi connectivity index (χ4v) is 6.76. The lowest BCUT2D eigenvalue weighted by atomic mass is 9.94. The molecule has 0 bridgehead atoms. The maximum absolute atomic E-state index is 13.3. The number of amides is 2. The van der Waals surface area contributed by atoms with Crippen molar-refractivity contribution in [1.82, 2.24) is 9.21 Å². The molecule has 0 spiro atoms. The first kappa shape index (κ1) is 24.4. The van der Waals surface area contributed by atoms with E-state index in [-0.39, 0.29) is 28.2 Å². The van der Waals surface area contributed by atoms with Gasteiger partial charge >= 0.3 is 0 Å². The quantitative estimate of drug-likeness (QED) is 0.692. The number of anilines is 1. The highest BCUT2D eigenvalue weighted by Crippen LogP contribution is 2.28. The number of sulfonamides is 1. The number of likely N-dealkylation sites (tertiary alicyclic amines) is 1. The molecule has 7 nitrogen and oxygen atoms in total. The van der Waals surface area contributed by atoms with E-state index in [0.717, 1.165) is 24.8 Å². The van der Waals surface area contributed by atoms with Gasteiger partial charge in [-0.25, -0.2) is 8.42 Å². The van der Waals surface area contributed by atoms with Crippen LogP contribution in [0, 0.1) is 18.8 Å². The fraction of sp³-hybridized carbons (Fsp3) is 0.462. The predicted molar refractivity (Wildman–Crippen MR) is 132 cm³/mol. The molecule has 0 radical (unpaired) electrons. The van der Waals surface area contributed by atoms with Gasteiger partial charge in [0, 0.05) is 31.7 Å². The molecule has 2 aromatic rings. The zero-order valence-corrected chi connectivity index (χ0v) is 20.9. The van der Waals surface area contributed by atoms with E-state index in [0.29, 0.717) is 37.4 Å². The van der Waals surface area contributed by atoms with E-state index in [4.69, 9.17) is 0 Å². The van der Waals surface area contributed by atoms with E-state index in [2.05, 4.69) is 19.2 Å². The average molecular weight is 484 g/mol. The summed E-state index contributed by atoms with van der Waals surface area (Å²) in [6.07, 6.45) is 2.97. The number of para-hydroxylation sites is 1. The van der Waals surface area contributed by atoms with E-state index >= 15 is 0 Å². The van der Waals surface area contributed by atoms with E-state index in [9.17, 15) is 18.0 Å². The normalized spacial score (nSPS) is 21.4. The Morgan fingerprint density at radius 3 is 2.29 bits per heavy atom. The summed E-state index contributed by atoms with van der Waals surface area (Å²) in [7, 11) is -3.71. The standard InChI is InChI=1S/C26H33N3O4S/c1-18-14-19(2)17-29(16-18)34(32,33)22-10-7-9-21(15-22)25(30)27-24-20(3)8-6-11-23(24)26(31)28-12-4-5-13-28/h6-11,15,18-19H,4-5,12-14,16-17H2,1-3H3,(H,27,30). The van der Waals surface area contributed by atoms with Gasteiger partial charge in [0.2, 0.25) is 10.0 Å². The van der Waals surface area contributed by atoms with Crippen molar-refractivity contribution in [3.63, 3.8) is 0 Å². The third-order valence-electron chi connectivity index (χ3n) is 6.70. The second kappa shape index (κ2) is 9.88. The number of carbonyl (C=O) groups excluding carboxylic acids is 2. The van der Waals surface area contributed by atoms with Crippen LogP contribution < -0.4 is 5.32 Å². The Labute approximate surface area is 202 Å². The van der Waals surface area contributed by atoms with Gasteiger partial charge in [0.05, 0.1) is 16.1 Å². The van der Waals surface area contributed by atoms with Crippen LogP contribution in [0.15, 0.2) is 47.4 Å². The molecule has 1 N–H and O–H groups in total. The summed E-state index contributed by atoms with van der Waals surface area (Å²) in [5.41, 5.74) is 1.94. The molecule has 34 heavy (non-hydrogen) atoms. The second-order valence-corrected chi connectivity index (χ2v) is 11.7. The molecule has 0 aliphatic carbocycles. The van der Waals surface area contributed by atoms with Crippen LogP contribution in [-0.4, -0.2) is 55.6 Å². The largest absolute Gasteiger partial charge is 0.339 e. The first-order chi connectivity index (χ1) is 16.2. The summed E-state index contributed by atoms with van der Waals surface area (Å²) in [4.78, 5) is 28.1. The molecule has 2 aromatic carbocycles. The number of hydrogen-bond acceptors (Lipinski definition) is 4. The van der Waals surface area contributed by atoms with Crippen LogP contribution in [0.5, 0.6) is 0 Å². The molecule has 8 heteroatoms. The predicted octanol–water partition coefficient (Wildman–Crippen LogP) is 4.15. The topological polar surface area (TPSA) is 86.8 Å². The summed E-state index contributed by atoms with van der Waals surface area (Å²) < 4.78 is 28.1. The summed E-state index contributed by atoms with van der Waals surface area (Å²) in [6, 6.07) is 11.5. The lowest BCUT2D eigenvalue weighted by molar-refractivity contribution is 0.0793. The van der Waals surface area contributed by atoms with Crippen molar-refractivity contribution in [2.24, 2.45) is 11.8 Å². The Morgan fingerprint density at radius 1 is 0.971 bits per heavy atom. The van der Waals surface area contributed by atoms with E-state index < -0.39 is 15.9 Å². The Morgan fingerprint density at radius 2 is 1.62 bits per heavy atom. The first-order valence-corrected chi connectivity index (χ1v) is 13.4. The van der Waals surface area contributed by atoms with Crippen LogP contribution in [0.3, 0.4) is 0 Å². The molecule has 0 aromatic heterocycles. The Bertz CT molecular complexity index is 1180. The van der Waals surface area contributed by atoms with Gasteiger partial charge in [0.25, 0.3) is 11.8 Å². The number of aryl methyl sites for hydroxylation is 1. The van der Waals surface area contributed by atoms with Gasteiger partial charge in [0.1, 0.15) is 0 Å². The maximum atomic E-state index is 13.3. The second-order valence-electron chi connectivity index (χ2n) is 9.75. The molecule has 0 saturated carbocycles. The van der Waals surface area contributed by atoms with Crippen molar-refractivity contribution in [3.05, 3.63) is 59.2 Å². The summed E-state index contributed by atoms with van der Waals surface area (Å²) >= 11 is 0. The molecule has 182 valence electrons. The average Bonchev–Trinajstić information content (AvgIpc) is 3.34. The number of carbonyl (C=O) groups is 2. The lowest BCUT2D eigenvalue weighted by Gasteiger charge is -2.34. The molecular weight excluding hydrogens is 450 g/mol. The molecule has 2 amide bonds. The molecule has 2 atom stereocenters.